The van der Waals surface area contributed by atoms with Crippen LogP contribution >= 0.6 is 25.3 Å². The highest BCUT2D eigenvalue weighted by molar-refractivity contribution is 8.00. The fourth-order valence-corrected chi connectivity index (χ4v) is 1.32. The van der Waals surface area contributed by atoms with Crippen LogP contribution in [0.5, 0.6) is 0 Å². The van der Waals surface area contributed by atoms with Gasteiger partial charge in [-0.1, -0.05) is 25.7 Å². The number of esters is 1. The maximum Gasteiger partial charge on any atom is 0.328 e. The third-order valence-electron chi connectivity index (χ3n) is 2.01. The molecule has 0 heterocycles. The normalized spacial score (nSPS) is 10.7. The van der Waals surface area contributed by atoms with E-state index in [1.54, 1.807) is 0 Å². The zero-order valence-electron chi connectivity index (χ0n) is 8.89. The van der Waals surface area contributed by atoms with Gasteiger partial charge in [-0.05, 0) is 12.8 Å². The van der Waals surface area contributed by atoms with Gasteiger partial charge in [-0.3, -0.25) is 0 Å². The van der Waals surface area contributed by atoms with Crippen LogP contribution in [0, 0.1) is 0 Å². The molecule has 1 N–H and O–H groups in total. The lowest BCUT2D eigenvalue weighted by atomic mass is 10.1. The third kappa shape index (κ3) is 10.4. The number of thiol groups is 2. The molecule has 0 atom stereocenters. The lowest BCUT2D eigenvalue weighted by Crippen LogP contribution is -2.13. The van der Waals surface area contributed by atoms with Gasteiger partial charge in [-0.15, -0.1) is 0 Å². The van der Waals surface area contributed by atoms with Crippen LogP contribution in [-0.2, 0) is 9.53 Å². The first-order valence-electron chi connectivity index (χ1n) is 5.32. The van der Waals surface area contributed by atoms with Crippen molar-refractivity contribution in [1.82, 2.24) is 0 Å². The predicted octanol–water partition coefficient (Wildman–Crippen LogP) is 2.05. The summed E-state index contributed by atoms with van der Waals surface area (Å²) in [4.78, 5) is 10.9. The predicted molar refractivity (Wildman–Crippen MR) is 67.5 cm³/mol. The van der Waals surface area contributed by atoms with Crippen molar-refractivity contribution < 1.29 is 14.6 Å². The van der Waals surface area contributed by atoms with E-state index in [9.17, 15) is 4.79 Å². The van der Waals surface area contributed by atoms with E-state index in [4.69, 9.17) is 9.84 Å². The summed E-state index contributed by atoms with van der Waals surface area (Å²) in [5, 5.41) is 8.55. The average molecular weight is 252 g/mol. The summed E-state index contributed by atoms with van der Waals surface area (Å²) in [6.07, 6.45) is 6.17. The van der Waals surface area contributed by atoms with Crippen molar-refractivity contribution in [3.63, 3.8) is 0 Å². The maximum atomic E-state index is 10.9. The Balaban J connectivity index is 3.08. The first-order chi connectivity index (χ1) is 7.18. The number of hydrogen-bond acceptors (Lipinski definition) is 5. The number of carbonyl (C=O) groups excluding carboxylic acids is 1. The third-order valence-corrected chi connectivity index (χ3v) is 2.43. The van der Waals surface area contributed by atoms with Crippen LogP contribution < -0.4 is 0 Å². The smallest absolute Gasteiger partial charge is 0.328 e. The molecule has 0 saturated carbocycles. The monoisotopic (exact) mass is 252 g/mol. The molecule has 0 unspecified atom stereocenters. The number of hydrogen-bond donors (Lipinski definition) is 3. The van der Waals surface area contributed by atoms with Gasteiger partial charge >= 0.3 is 5.97 Å². The molecule has 0 aromatic carbocycles. The summed E-state index contributed by atoms with van der Waals surface area (Å²) < 4.78 is 4.27. The van der Waals surface area contributed by atoms with Crippen LogP contribution in [0.15, 0.2) is 0 Å². The van der Waals surface area contributed by atoms with Gasteiger partial charge in [0, 0.05) is 6.61 Å². The SMILES string of the molecule is O=C(OCCCCCCCCO)C(S)S. The fourth-order valence-electron chi connectivity index (χ4n) is 1.17. The van der Waals surface area contributed by atoms with E-state index in [0.717, 1.165) is 38.5 Å². The van der Waals surface area contributed by atoms with Crippen LogP contribution in [0.1, 0.15) is 38.5 Å². The van der Waals surface area contributed by atoms with Gasteiger partial charge in [0.2, 0.25) is 0 Å². The molecular formula is C10H20O3S2. The molecule has 0 radical (unpaired) electrons. The maximum absolute atomic E-state index is 10.9. The molecule has 0 aliphatic rings. The zero-order valence-corrected chi connectivity index (χ0v) is 10.7. The topological polar surface area (TPSA) is 46.5 Å². The molecule has 0 aromatic heterocycles. The second-order valence-electron chi connectivity index (χ2n) is 3.39. The van der Waals surface area contributed by atoms with Gasteiger partial charge in [0.25, 0.3) is 0 Å². The van der Waals surface area contributed by atoms with Gasteiger partial charge < -0.3 is 9.84 Å². The Labute approximate surface area is 102 Å². The van der Waals surface area contributed by atoms with Crippen LogP contribution in [-0.4, -0.2) is 28.9 Å². The summed E-state index contributed by atoms with van der Waals surface area (Å²) in [6.45, 7) is 0.735. The number of carbonyl (C=O) groups is 1. The highest BCUT2D eigenvalue weighted by Crippen LogP contribution is 2.07. The van der Waals surface area contributed by atoms with Gasteiger partial charge in [0.15, 0.2) is 0 Å². The molecule has 0 fully saturated rings. The zero-order chi connectivity index (χ0) is 11.5. The number of rotatable bonds is 9. The largest absolute Gasteiger partial charge is 0.464 e. The van der Waals surface area contributed by atoms with Gasteiger partial charge in [-0.2, -0.15) is 25.3 Å². The number of aliphatic hydroxyl groups is 1. The van der Waals surface area contributed by atoms with Crippen LogP contribution in [0.3, 0.4) is 0 Å². The second kappa shape index (κ2) is 10.6. The molecule has 0 saturated heterocycles. The number of ether oxygens (including phenoxy) is 1. The quantitative estimate of drug-likeness (QED) is 0.255. The first kappa shape index (κ1) is 15.1. The average Bonchev–Trinajstić information content (AvgIpc) is 2.21. The highest BCUT2D eigenvalue weighted by atomic mass is 32.2. The van der Waals surface area contributed by atoms with E-state index < -0.39 is 4.58 Å². The van der Waals surface area contributed by atoms with E-state index >= 15 is 0 Å². The molecule has 0 spiro atoms. The molecule has 0 aromatic rings. The lowest BCUT2D eigenvalue weighted by molar-refractivity contribution is -0.141. The minimum absolute atomic E-state index is 0.281. The molecule has 0 amide bonds. The summed E-state index contributed by atoms with van der Waals surface area (Å²) in [5.41, 5.74) is 0. The van der Waals surface area contributed by atoms with Crippen molar-refractivity contribution in [1.29, 1.82) is 0 Å². The van der Waals surface area contributed by atoms with Crippen molar-refractivity contribution in [2.75, 3.05) is 13.2 Å². The van der Waals surface area contributed by atoms with Crippen molar-refractivity contribution in [2.24, 2.45) is 0 Å². The van der Waals surface area contributed by atoms with Crippen molar-refractivity contribution in [3.8, 4) is 0 Å². The van der Waals surface area contributed by atoms with Crippen molar-refractivity contribution in [3.05, 3.63) is 0 Å². The summed E-state index contributed by atoms with van der Waals surface area (Å²) in [5.74, 6) is -0.373. The van der Waals surface area contributed by atoms with Gasteiger partial charge in [0.1, 0.15) is 4.58 Å². The summed E-state index contributed by atoms with van der Waals surface area (Å²) >= 11 is 7.68. The van der Waals surface area contributed by atoms with E-state index in [1.807, 2.05) is 0 Å². The van der Waals surface area contributed by atoms with Gasteiger partial charge in [-0.25, -0.2) is 4.79 Å². The van der Waals surface area contributed by atoms with E-state index in [2.05, 4.69) is 25.3 Å². The Bertz CT molecular complexity index is 163. The molecule has 0 rings (SSSR count). The Morgan fingerprint density at radius 3 is 2.13 bits per heavy atom. The molecule has 0 aliphatic carbocycles. The number of unbranched alkanes of at least 4 members (excludes halogenated alkanes) is 5. The van der Waals surface area contributed by atoms with Crippen molar-refractivity contribution >= 4 is 31.2 Å². The summed E-state index contributed by atoms with van der Waals surface area (Å²) in [6, 6.07) is 0. The van der Waals surface area contributed by atoms with E-state index in [1.165, 1.54) is 0 Å². The van der Waals surface area contributed by atoms with Gasteiger partial charge in [0.05, 0.1) is 6.61 Å². The molecule has 0 bridgehead atoms. The molecular weight excluding hydrogens is 232 g/mol. The number of aliphatic hydroxyl groups excluding tert-OH is 1. The molecule has 90 valence electrons. The Kier molecular flexibility index (Phi) is 10.7. The fraction of sp³-hybridized carbons (Fsp3) is 0.900. The van der Waals surface area contributed by atoms with Crippen molar-refractivity contribution in [2.45, 2.75) is 43.1 Å². The minimum Gasteiger partial charge on any atom is -0.464 e. The van der Waals surface area contributed by atoms with Crippen LogP contribution in [0.2, 0.25) is 0 Å². The van der Waals surface area contributed by atoms with Crippen LogP contribution in [0.4, 0.5) is 0 Å². The highest BCUT2D eigenvalue weighted by Gasteiger charge is 2.08. The second-order valence-corrected chi connectivity index (χ2v) is 4.83. The van der Waals surface area contributed by atoms with Crippen LogP contribution in [0.25, 0.3) is 0 Å². The lowest BCUT2D eigenvalue weighted by Gasteiger charge is -2.05. The minimum atomic E-state index is -0.630. The molecule has 0 aliphatic heterocycles. The Morgan fingerprint density at radius 2 is 1.60 bits per heavy atom. The Hall–Kier alpha value is 0.130. The first-order valence-corrected chi connectivity index (χ1v) is 6.35. The summed E-state index contributed by atoms with van der Waals surface area (Å²) in [7, 11) is 0. The molecule has 15 heavy (non-hydrogen) atoms. The van der Waals surface area contributed by atoms with E-state index in [0.29, 0.717) is 6.61 Å². The molecule has 5 heteroatoms. The standard InChI is InChI=1S/C10H20O3S2/c11-7-5-3-1-2-4-6-8-13-9(12)10(14)15/h10-11,14-15H,1-8H2. The van der Waals surface area contributed by atoms with E-state index in [-0.39, 0.29) is 12.6 Å². The Morgan fingerprint density at radius 1 is 1.07 bits per heavy atom. The molecule has 3 nitrogen and oxygen atoms in total.